The molecule has 0 saturated carbocycles. The van der Waals surface area contributed by atoms with Gasteiger partial charge in [-0.2, -0.15) is 11.3 Å². The summed E-state index contributed by atoms with van der Waals surface area (Å²) in [6.45, 7) is 6.56. The fourth-order valence-electron chi connectivity index (χ4n) is 2.54. The van der Waals surface area contributed by atoms with E-state index in [0.29, 0.717) is 16.6 Å². The Kier molecular flexibility index (Phi) is 6.74. The summed E-state index contributed by atoms with van der Waals surface area (Å²) in [6, 6.07) is 6.31. The van der Waals surface area contributed by atoms with Crippen molar-refractivity contribution in [3.8, 4) is 0 Å². The van der Waals surface area contributed by atoms with Gasteiger partial charge in [-0.25, -0.2) is 4.39 Å². The monoisotopic (exact) mass is 398 g/mol. The number of hydrogen-bond acceptors (Lipinski definition) is 3. The smallest absolute Gasteiger partial charge is 0.252 e. The molecule has 1 N–H and O–H groups in total. The van der Waals surface area contributed by atoms with Crippen molar-refractivity contribution in [1.29, 1.82) is 0 Å². The van der Waals surface area contributed by atoms with Gasteiger partial charge in [0.05, 0.1) is 11.6 Å². The van der Waals surface area contributed by atoms with Gasteiger partial charge in [0.15, 0.2) is 0 Å². The predicted molar refractivity (Wildman–Crippen MR) is 96.4 cm³/mol. The number of carbonyl (C=O) groups is 1. The number of hydrogen-bond donors (Lipinski definition) is 1. The zero-order valence-corrected chi connectivity index (χ0v) is 15.6. The van der Waals surface area contributed by atoms with Crippen molar-refractivity contribution in [2.45, 2.75) is 19.9 Å². The molecule has 0 spiro atoms. The van der Waals surface area contributed by atoms with Crippen molar-refractivity contribution < 1.29 is 9.18 Å². The Labute approximate surface area is 148 Å². The Morgan fingerprint density at radius 3 is 2.65 bits per heavy atom. The summed E-state index contributed by atoms with van der Waals surface area (Å²) in [5.41, 5.74) is 1.65. The van der Waals surface area contributed by atoms with Gasteiger partial charge in [-0.15, -0.1) is 0 Å². The van der Waals surface area contributed by atoms with E-state index in [1.165, 1.54) is 23.8 Å². The van der Waals surface area contributed by atoms with E-state index < -0.39 is 0 Å². The second-order valence-electron chi connectivity index (χ2n) is 5.13. The van der Waals surface area contributed by atoms with Crippen molar-refractivity contribution >= 4 is 33.2 Å². The Morgan fingerprint density at radius 2 is 2.09 bits per heavy atom. The van der Waals surface area contributed by atoms with Crippen LogP contribution in [0.15, 0.2) is 39.5 Å². The summed E-state index contributed by atoms with van der Waals surface area (Å²) >= 11 is 4.89. The lowest BCUT2D eigenvalue weighted by Crippen LogP contribution is -2.38. The maximum atomic E-state index is 13.1. The molecule has 0 unspecified atom stereocenters. The summed E-state index contributed by atoms with van der Waals surface area (Å²) < 4.78 is 13.6. The van der Waals surface area contributed by atoms with Crippen LogP contribution >= 0.6 is 27.3 Å². The summed E-state index contributed by atoms with van der Waals surface area (Å²) in [7, 11) is 0. The topological polar surface area (TPSA) is 32.3 Å². The molecule has 1 aromatic carbocycles. The van der Waals surface area contributed by atoms with Crippen LogP contribution in [0.4, 0.5) is 4.39 Å². The Bertz CT molecular complexity index is 644. The standard InChI is InChI=1S/C17H20BrFN2OS/c1-3-21(4-2)16(12-7-8-23-11-12)10-20-17(22)14-6-5-13(19)9-15(14)18/h5-9,11,16H,3-4,10H2,1-2H3,(H,20,22)/t16-/m1/s1. The molecule has 1 atom stereocenters. The molecule has 2 aromatic rings. The van der Waals surface area contributed by atoms with Gasteiger partial charge in [-0.05, 0) is 69.6 Å². The fourth-order valence-corrected chi connectivity index (χ4v) is 3.78. The van der Waals surface area contributed by atoms with E-state index in [-0.39, 0.29) is 17.8 Å². The molecular weight excluding hydrogens is 379 g/mol. The molecule has 0 aliphatic heterocycles. The first-order chi connectivity index (χ1) is 11.1. The maximum Gasteiger partial charge on any atom is 0.252 e. The highest BCUT2D eigenvalue weighted by molar-refractivity contribution is 9.10. The number of carbonyl (C=O) groups excluding carboxylic acids is 1. The highest BCUT2D eigenvalue weighted by Crippen LogP contribution is 2.23. The normalized spacial score (nSPS) is 12.4. The van der Waals surface area contributed by atoms with Crippen molar-refractivity contribution in [3.63, 3.8) is 0 Å². The first-order valence-corrected chi connectivity index (χ1v) is 9.29. The highest BCUT2D eigenvalue weighted by atomic mass is 79.9. The summed E-state index contributed by atoms with van der Waals surface area (Å²) in [5.74, 6) is -0.572. The van der Waals surface area contributed by atoms with Gasteiger partial charge < -0.3 is 5.32 Å². The van der Waals surface area contributed by atoms with Crippen molar-refractivity contribution in [1.82, 2.24) is 10.2 Å². The van der Waals surface area contributed by atoms with E-state index in [9.17, 15) is 9.18 Å². The van der Waals surface area contributed by atoms with Crippen LogP contribution in [0, 0.1) is 5.82 Å². The van der Waals surface area contributed by atoms with E-state index in [1.807, 2.05) is 5.38 Å². The molecule has 1 heterocycles. The third-order valence-corrected chi connectivity index (χ3v) is 5.17. The maximum absolute atomic E-state index is 13.1. The molecule has 0 aliphatic rings. The quantitative estimate of drug-likeness (QED) is 0.746. The molecule has 3 nitrogen and oxygen atoms in total. The second kappa shape index (κ2) is 8.57. The lowest BCUT2D eigenvalue weighted by molar-refractivity contribution is 0.0934. The molecular formula is C17H20BrFN2OS. The minimum absolute atomic E-state index is 0.138. The lowest BCUT2D eigenvalue weighted by Gasteiger charge is -2.29. The Hall–Kier alpha value is -1.24. The number of halogens is 2. The number of nitrogens with zero attached hydrogens (tertiary/aromatic N) is 1. The second-order valence-corrected chi connectivity index (χ2v) is 6.76. The lowest BCUT2D eigenvalue weighted by atomic mass is 10.1. The van der Waals surface area contributed by atoms with Crippen LogP contribution in [0.5, 0.6) is 0 Å². The number of thiophene rings is 1. The van der Waals surface area contributed by atoms with E-state index >= 15 is 0 Å². The number of nitrogens with one attached hydrogen (secondary N) is 1. The number of amides is 1. The van der Waals surface area contributed by atoms with Crippen LogP contribution in [-0.2, 0) is 0 Å². The van der Waals surface area contributed by atoms with Crippen LogP contribution in [0.25, 0.3) is 0 Å². The van der Waals surface area contributed by atoms with E-state index in [0.717, 1.165) is 13.1 Å². The third-order valence-electron chi connectivity index (χ3n) is 3.81. The van der Waals surface area contributed by atoms with Crippen molar-refractivity contribution in [3.05, 3.63) is 56.4 Å². The SMILES string of the molecule is CCN(CC)[C@H](CNC(=O)c1ccc(F)cc1Br)c1ccsc1. The number of likely N-dealkylation sites (N-methyl/N-ethyl adjacent to an activating group) is 1. The van der Waals surface area contributed by atoms with E-state index in [1.54, 1.807) is 11.3 Å². The van der Waals surface area contributed by atoms with Crippen LogP contribution in [0.2, 0.25) is 0 Å². The fraction of sp³-hybridized carbons (Fsp3) is 0.353. The summed E-state index contributed by atoms with van der Waals surface area (Å²) in [4.78, 5) is 14.7. The minimum atomic E-state index is -0.368. The molecule has 0 aliphatic carbocycles. The van der Waals surface area contributed by atoms with Crippen LogP contribution in [0.1, 0.15) is 35.8 Å². The zero-order valence-electron chi connectivity index (χ0n) is 13.2. The molecule has 23 heavy (non-hydrogen) atoms. The van der Waals surface area contributed by atoms with E-state index in [4.69, 9.17) is 0 Å². The number of benzene rings is 1. The first kappa shape index (κ1) is 18.1. The van der Waals surface area contributed by atoms with Gasteiger partial charge in [0.1, 0.15) is 5.82 Å². The van der Waals surface area contributed by atoms with Gasteiger partial charge in [0.2, 0.25) is 0 Å². The van der Waals surface area contributed by atoms with Crippen molar-refractivity contribution in [2.24, 2.45) is 0 Å². The van der Waals surface area contributed by atoms with Crippen molar-refractivity contribution in [2.75, 3.05) is 19.6 Å². The number of rotatable bonds is 7. The molecule has 0 radical (unpaired) electrons. The molecule has 124 valence electrons. The van der Waals surface area contributed by atoms with Gasteiger partial charge in [0, 0.05) is 11.0 Å². The zero-order chi connectivity index (χ0) is 16.8. The molecule has 6 heteroatoms. The van der Waals surface area contributed by atoms with Crippen LogP contribution in [0.3, 0.4) is 0 Å². The van der Waals surface area contributed by atoms with Gasteiger partial charge >= 0.3 is 0 Å². The van der Waals surface area contributed by atoms with Crippen LogP contribution < -0.4 is 5.32 Å². The Balaban J connectivity index is 2.10. The molecule has 0 saturated heterocycles. The summed E-state index contributed by atoms with van der Waals surface area (Å²) in [6.07, 6.45) is 0. The molecule has 0 bridgehead atoms. The molecule has 2 rings (SSSR count). The summed E-state index contributed by atoms with van der Waals surface area (Å²) in [5, 5.41) is 7.13. The molecule has 0 fully saturated rings. The third kappa shape index (κ3) is 4.62. The molecule has 1 amide bonds. The largest absolute Gasteiger partial charge is 0.350 e. The average molecular weight is 399 g/mol. The van der Waals surface area contributed by atoms with Gasteiger partial charge in [0.25, 0.3) is 5.91 Å². The highest BCUT2D eigenvalue weighted by Gasteiger charge is 2.20. The van der Waals surface area contributed by atoms with Gasteiger partial charge in [-0.3, -0.25) is 9.69 Å². The predicted octanol–water partition coefficient (Wildman–Crippen LogP) is 4.46. The van der Waals surface area contributed by atoms with E-state index in [2.05, 4.69) is 51.4 Å². The Morgan fingerprint density at radius 1 is 1.35 bits per heavy atom. The van der Waals surface area contributed by atoms with Crippen LogP contribution in [-0.4, -0.2) is 30.4 Å². The minimum Gasteiger partial charge on any atom is -0.350 e. The van der Waals surface area contributed by atoms with Gasteiger partial charge in [-0.1, -0.05) is 13.8 Å². The molecule has 1 aromatic heterocycles. The first-order valence-electron chi connectivity index (χ1n) is 7.56. The average Bonchev–Trinajstić information content (AvgIpc) is 3.05.